The number of carbonyl (C=O) groups is 3. The standard InChI is InChI=1S/C30H40N4O4/c1-18(31-5)27(36)33-26(30(2,3)4)29(38)34-17-21-15-22(35)14-13-20(21)16-25(34)28(37)32-24-12-8-10-19-9-6-7-11-23(19)24/h6-7,9,11,13-15,18,24-26,31,35H,8,10,12,16-17H2,1-5H3,(H,32,37)(H,33,36)/t18-,24+,25-,26?/m0/s1. The first kappa shape index (κ1) is 27.6. The lowest BCUT2D eigenvalue weighted by atomic mass is 9.83. The number of likely N-dealkylation sites (N-methyl/N-ethyl adjacent to an activating group) is 1. The molecule has 2 aliphatic rings. The molecule has 1 unspecified atom stereocenters. The summed E-state index contributed by atoms with van der Waals surface area (Å²) in [7, 11) is 1.69. The van der Waals surface area contributed by atoms with Crippen molar-refractivity contribution in [2.24, 2.45) is 5.41 Å². The van der Waals surface area contributed by atoms with Crippen molar-refractivity contribution < 1.29 is 19.5 Å². The smallest absolute Gasteiger partial charge is 0.246 e. The zero-order chi connectivity index (χ0) is 27.6. The highest BCUT2D eigenvalue weighted by molar-refractivity contribution is 5.94. The molecule has 38 heavy (non-hydrogen) atoms. The van der Waals surface area contributed by atoms with Crippen LogP contribution in [0.15, 0.2) is 42.5 Å². The van der Waals surface area contributed by atoms with Gasteiger partial charge in [-0.1, -0.05) is 51.1 Å². The highest BCUT2D eigenvalue weighted by Crippen LogP contribution is 2.32. The van der Waals surface area contributed by atoms with Crippen molar-refractivity contribution in [1.82, 2.24) is 20.9 Å². The number of benzene rings is 2. The Morgan fingerprint density at radius 3 is 2.50 bits per heavy atom. The maximum absolute atomic E-state index is 14.1. The molecule has 4 atom stereocenters. The summed E-state index contributed by atoms with van der Waals surface area (Å²) in [4.78, 5) is 42.4. The number of hydrogen-bond acceptors (Lipinski definition) is 5. The molecule has 0 spiro atoms. The molecule has 4 N–H and O–H groups in total. The largest absolute Gasteiger partial charge is 0.508 e. The number of aryl methyl sites for hydroxylation is 1. The van der Waals surface area contributed by atoms with E-state index in [1.54, 1.807) is 31.0 Å². The van der Waals surface area contributed by atoms with Crippen LogP contribution in [0.2, 0.25) is 0 Å². The second-order valence-electron chi connectivity index (χ2n) is 11.6. The molecular weight excluding hydrogens is 480 g/mol. The SMILES string of the molecule is CN[C@@H](C)C(=O)NC(C(=O)N1Cc2cc(O)ccc2C[C@H]1C(=O)N[C@@H]1CCCc2ccccc21)C(C)(C)C. The summed E-state index contributed by atoms with van der Waals surface area (Å²) in [6.07, 6.45) is 3.15. The fourth-order valence-electron chi connectivity index (χ4n) is 5.42. The van der Waals surface area contributed by atoms with Gasteiger partial charge in [-0.3, -0.25) is 14.4 Å². The van der Waals surface area contributed by atoms with E-state index in [0.29, 0.717) is 6.42 Å². The lowest BCUT2D eigenvalue weighted by Gasteiger charge is -2.41. The highest BCUT2D eigenvalue weighted by Gasteiger charge is 2.42. The van der Waals surface area contributed by atoms with Gasteiger partial charge in [0.1, 0.15) is 17.8 Å². The molecule has 0 aromatic heterocycles. The molecular formula is C30H40N4O4. The molecule has 1 heterocycles. The summed E-state index contributed by atoms with van der Waals surface area (Å²) in [6.45, 7) is 7.61. The van der Waals surface area contributed by atoms with Crippen molar-refractivity contribution in [2.45, 2.75) is 84.1 Å². The molecule has 4 rings (SSSR count). The van der Waals surface area contributed by atoms with E-state index in [-0.39, 0.29) is 36.1 Å². The Balaban J connectivity index is 1.65. The number of nitrogens with one attached hydrogen (secondary N) is 3. The third-order valence-electron chi connectivity index (χ3n) is 7.82. The van der Waals surface area contributed by atoms with Crippen molar-refractivity contribution in [1.29, 1.82) is 0 Å². The number of fused-ring (bicyclic) bond motifs is 2. The zero-order valence-electron chi connectivity index (χ0n) is 23.0. The number of rotatable bonds is 6. The molecule has 0 bridgehead atoms. The summed E-state index contributed by atoms with van der Waals surface area (Å²) in [5.74, 6) is -0.689. The first-order valence-corrected chi connectivity index (χ1v) is 13.5. The Kier molecular flexibility index (Phi) is 8.11. The Labute approximate surface area is 225 Å². The fraction of sp³-hybridized carbons (Fsp3) is 0.500. The van der Waals surface area contributed by atoms with Crippen LogP contribution in [0, 0.1) is 5.41 Å². The first-order chi connectivity index (χ1) is 18.0. The van der Waals surface area contributed by atoms with E-state index in [1.807, 2.05) is 39.0 Å². The lowest BCUT2D eigenvalue weighted by Crippen LogP contribution is -2.62. The molecule has 1 aliphatic heterocycles. The number of aromatic hydroxyl groups is 1. The molecule has 0 saturated carbocycles. The van der Waals surface area contributed by atoms with E-state index >= 15 is 0 Å². The average Bonchev–Trinajstić information content (AvgIpc) is 2.89. The van der Waals surface area contributed by atoms with Gasteiger partial charge in [-0.2, -0.15) is 0 Å². The predicted molar refractivity (Wildman–Crippen MR) is 146 cm³/mol. The average molecular weight is 521 g/mol. The van der Waals surface area contributed by atoms with Crippen molar-refractivity contribution >= 4 is 17.7 Å². The van der Waals surface area contributed by atoms with Crippen LogP contribution in [-0.2, 0) is 33.8 Å². The monoisotopic (exact) mass is 520 g/mol. The summed E-state index contributed by atoms with van der Waals surface area (Å²) in [5, 5.41) is 19.2. The summed E-state index contributed by atoms with van der Waals surface area (Å²) < 4.78 is 0. The summed E-state index contributed by atoms with van der Waals surface area (Å²) >= 11 is 0. The molecule has 8 nitrogen and oxygen atoms in total. The van der Waals surface area contributed by atoms with Crippen molar-refractivity contribution in [3.05, 3.63) is 64.7 Å². The Morgan fingerprint density at radius 2 is 1.79 bits per heavy atom. The minimum absolute atomic E-state index is 0.111. The first-order valence-electron chi connectivity index (χ1n) is 13.5. The van der Waals surface area contributed by atoms with Crippen LogP contribution in [-0.4, -0.2) is 52.9 Å². The van der Waals surface area contributed by atoms with Gasteiger partial charge in [-0.05, 0) is 73.0 Å². The number of nitrogens with zero attached hydrogens (tertiary/aromatic N) is 1. The predicted octanol–water partition coefficient (Wildman–Crippen LogP) is 2.98. The molecule has 0 saturated heterocycles. The Hall–Kier alpha value is -3.39. The maximum atomic E-state index is 14.1. The number of phenolic OH excluding ortho intramolecular Hbond substituents is 1. The van der Waals surface area contributed by atoms with Gasteiger partial charge < -0.3 is 26.0 Å². The van der Waals surface area contributed by atoms with E-state index in [0.717, 1.165) is 36.0 Å². The van der Waals surface area contributed by atoms with Gasteiger partial charge in [0, 0.05) is 13.0 Å². The Bertz CT molecular complexity index is 1200. The summed E-state index contributed by atoms with van der Waals surface area (Å²) in [5.41, 5.74) is 3.51. The third-order valence-corrected chi connectivity index (χ3v) is 7.82. The number of amides is 3. The molecule has 0 radical (unpaired) electrons. The van der Waals surface area contributed by atoms with Gasteiger partial charge in [-0.25, -0.2) is 0 Å². The quantitative estimate of drug-likeness (QED) is 0.468. The van der Waals surface area contributed by atoms with Crippen molar-refractivity contribution in [2.75, 3.05) is 7.05 Å². The Morgan fingerprint density at radius 1 is 1.05 bits per heavy atom. The van der Waals surface area contributed by atoms with Crippen LogP contribution in [0.5, 0.6) is 5.75 Å². The molecule has 0 fully saturated rings. The van der Waals surface area contributed by atoms with E-state index in [2.05, 4.69) is 28.1 Å². The van der Waals surface area contributed by atoms with Gasteiger partial charge in [0.25, 0.3) is 0 Å². The van der Waals surface area contributed by atoms with Gasteiger partial charge in [0.2, 0.25) is 17.7 Å². The van der Waals surface area contributed by atoms with E-state index in [9.17, 15) is 19.5 Å². The number of hydrogen-bond donors (Lipinski definition) is 4. The maximum Gasteiger partial charge on any atom is 0.246 e. The molecule has 1 aliphatic carbocycles. The van der Waals surface area contributed by atoms with Crippen LogP contribution < -0.4 is 16.0 Å². The van der Waals surface area contributed by atoms with Crippen LogP contribution in [0.4, 0.5) is 0 Å². The van der Waals surface area contributed by atoms with E-state index < -0.39 is 23.5 Å². The number of carbonyl (C=O) groups excluding carboxylic acids is 3. The highest BCUT2D eigenvalue weighted by atomic mass is 16.3. The van der Waals surface area contributed by atoms with Gasteiger partial charge >= 0.3 is 0 Å². The minimum atomic E-state index is -0.838. The van der Waals surface area contributed by atoms with Crippen LogP contribution in [0.3, 0.4) is 0 Å². The topological polar surface area (TPSA) is 111 Å². The van der Waals surface area contributed by atoms with Crippen LogP contribution >= 0.6 is 0 Å². The van der Waals surface area contributed by atoms with E-state index in [4.69, 9.17) is 0 Å². The molecule has 204 valence electrons. The number of phenols is 1. The fourth-order valence-corrected chi connectivity index (χ4v) is 5.42. The zero-order valence-corrected chi connectivity index (χ0v) is 23.0. The van der Waals surface area contributed by atoms with E-state index in [1.165, 1.54) is 5.56 Å². The van der Waals surface area contributed by atoms with Gasteiger partial charge in [-0.15, -0.1) is 0 Å². The molecule has 2 aromatic carbocycles. The van der Waals surface area contributed by atoms with Gasteiger partial charge in [0.15, 0.2) is 0 Å². The second-order valence-corrected chi connectivity index (χ2v) is 11.6. The lowest BCUT2D eigenvalue weighted by molar-refractivity contribution is -0.147. The molecule has 2 aromatic rings. The minimum Gasteiger partial charge on any atom is -0.508 e. The molecule has 3 amide bonds. The third kappa shape index (κ3) is 5.85. The van der Waals surface area contributed by atoms with Crippen molar-refractivity contribution in [3.8, 4) is 5.75 Å². The van der Waals surface area contributed by atoms with Gasteiger partial charge in [0.05, 0.1) is 12.1 Å². The second kappa shape index (κ2) is 11.2. The molecule has 8 heteroatoms. The van der Waals surface area contributed by atoms with Crippen LogP contribution in [0.25, 0.3) is 0 Å². The summed E-state index contributed by atoms with van der Waals surface area (Å²) in [6, 6.07) is 11.1. The van der Waals surface area contributed by atoms with Crippen LogP contribution in [0.1, 0.15) is 68.8 Å². The normalized spacial score (nSPS) is 20.5. The van der Waals surface area contributed by atoms with Crippen molar-refractivity contribution in [3.63, 3.8) is 0 Å².